The van der Waals surface area contributed by atoms with E-state index in [9.17, 15) is 0 Å². The molecule has 0 saturated carbocycles. The van der Waals surface area contributed by atoms with Crippen molar-refractivity contribution >= 4 is 15.9 Å². The molecule has 0 aliphatic rings. The zero-order valence-corrected chi connectivity index (χ0v) is 12.0. The molecule has 18 heavy (non-hydrogen) atoms. The highest BCUT2D eigenvalue weighted by Gasteiger charge is 2.13. The summed E-state index contributed by atoms with van der Waals surface area (Å²) in [4.78, 5) is 0. The Hall–Kier alpha value is -1.26. The molecule has 1 atom stereocenters. The first-order chi connectivity index (χ1) is 8.61. The smallest absolute Gasteiger partial charge is 0.133 e. The van der Waals surface area contributed by atoms with E-state index in [0.29, 0.717) is 0 Å². The van der Waals surface area contributed by atoms with Crippen molar-refractivity contribution in [1.82, 2.24) is 0 Å². The minimum atomic E-state index is -0.125. The van der Waals surface area contributed by atoms with Crippen molar-refractivity contribution < 1.29 is 9.15 Å². The van der Waals surface area contributed by atoms with Gasteiger partial charge in [-0.15, -0.1) is 0 Å². The lowest BCUT2D eigenvalue weighted by Crippen LogP contribution is -2.13. The topological polar surface area (TPSA) is 48.4 Å². The Morgan fingerprint density at radius 2 is 2.17 bits per heavy atom. The summed E-state index contributed by atoms with van der Waals surface area (Å²) in [5.74, 6) is 1.67. The van der Waals surface area contributed by atoms with Gasteiger partial charge in [-0.25, -0.2) is 0 Å². The number of methoxy groups -OCH3 is 1. The quantitative estimate of drug-likeness (QED) is 0.938. The molecule has 3 nitrogen and oxygen atoms in total. The van der Waals surface area contributed by atoms with E-state index in [4.69, 9.17) is 14.9 Å². The first-order valence-corrected chi connectivity index (χ1v) is 6.53. The normalized spacial score (nSPS) is 12.4. The van der Waals surface area contributed by atoms with E-state index in [0.717, 1.165) is 33.5 Å². The van der Waals surface area contributed by atoms with Gasteiger partial charge in [-0.1, -0.05) is 6.07 Å². The van der Waals surface area contributed by atoms with Crippen LogP contribution in [0.15, 0.2) is 39.4 Å². The monoisotopic (exact) mass is 309 g/mol. The lowest BCUT2D eigenvalue weighted by atomic mass is 10.0. The second-order valence-corrected chi connectivity index (χ2v) is 5.10. The van der Waals surface area contributed by atoms with Gasteiger partial charge in [-0.2, -0.15) is 0 Å². The van der Waals surface area contributed by atoms with Crippen molar-refractivity contribution in [3.05, 3.63) is 51.9 Å². The third-order valence-corrected chi connectivity index (χ3v) is 3.53. The van der Waals surface area contributed by atoms with Crippen LogP contribution in [0.3, 0.4) is 0 Å². The van der Waals surface area contributed by atoms with E-state index in [1.165, 1.54) is 0 Å². The molecular formula is C14H16BrNO2. The summed E-state index contributed by atoms with van der Waals surface area (Å²) in [5.41, 5.74) is 8.39. The largest absolute Gasteiger partial charge is 0.496 e. The SMILES string of the molecule is COc1ccc(CC(N)c2occc2C)cc1Br. The van der Waals surface area contributed by atoms with Crippen LogP contribution >= 0.6 is 15.9 Å². The summed E-state index contributed by atoms with van der Waals surface area (Å²) < 4.78 is 11.5. The van der Waals surface area contributed by atoms with Crippen LogP contribution < -0.4 is 10.5 Å². The van der Waals surface area contributed by atoms with Crippen molar-refractivity contribution in [1.29, 1.82) is 0 Å². The molecule has 1 unspecified atom stereocenters. The fourth-order valence-corrected chi connectivity index (χ4v) is 2.54. The number of benzene rings is 1. The van der Waals surface area contributed by atoms with E-state index in [-0.39, 0.29) is 6.04 Å². The molecule has 0 bridgehead atoms. The second-order valence-electron chi connectivity index (χ2n) is 4.25. The van der Waals surface area contributed by atoms with E-state index in [1.807, 2.05) is 31.2 Å². The van der Waals surface area contributed by atoms with Crippen LogP contribution in [-0.4, -0.2) is 7.11 Å². The maximum absolute atomic E-state index is 6.15. The van der Waals surface area contributed by atoms with Gasteiger partial charge in [0.15, 0.2) is 0 Å². The van der Waals surface area contributed by atoms with Crippen LogP contribution in [0, 0.1) is 6.92 Å². The molecule has 1 aromatic carbocycles. The molecule has 0 aliphatic heterocycles. The Bertz CT molecular complexity index is 536. The minimum Gasteiger partial charge on any atom is -0.496 e. The van der Waals surface area contributed by atoms with Gasteiger partial charge in [0.25, 0.3) is 0 Å². The van der Waals surface area contributed by atoms with Crippen LogP contribution in [0.2, 0.25) is 0 Å². The number of aryl methyl sites for hydroxylation is 1. The number of hydrogen-bond donors (Lipinski definition) is 1. The highest BCUT2D eigenvalue weighted by atomic mass is 79.9. The predicted molar refractivity (Wildman–Crippen MR) is 74.8 cm³/mol. The number of rotatable bonds is 4. The Labute approximate surface area is 115 Å². The zero-order chi connectivity index (χ0) is 13.1. The van der Waals surface area contributed by atoms with E-state index >= 15 is 0 Å². The standard InChI is InChI=1S/C14H16BrNO2/c1-9-5-6-18-14(9)12(16)8-10-3-4-13(17-2)11(15)7-10/h3-7,12H,8,16H2,1-2H3. The van der Waals surface area contributed by atoms with E-state index < -0.39 is 0 Å². The van der Waals surface area contributed by atoms with Crippen LogP contribution in [0.1, 0.15) is 22.9 Å². The molecule has 0 aliphatic carbocycles. The lowest BCUT2D eigenvalue weighted by molar-refractivity contribution is 0.411. The molecule has 1 aromatic heterocycles. The molecule has 96 valence electrons. The van der Waals surface area contributed by atoms with Gasteiger partial charge in [-0.3, -0.25) is 0 Å². The number of furan rings is 1. The molecular weight excluding hydrogens is 294 g/mol. The maximum atomic E-state index is 6.15. The van der Waals surface area contributed by atoms with Gasteiger partial charge in [0.1, 0.15) is 11.5 Å². The molecule has 0 spiro atoms. The first-order valence-electron chi connectivity index (χ1n) is 5.74. The fraction of sp³-hybridized carbons (Fsp3) is 0.286. The molecule has 0 saturated heterocycles. The van der Waals surface area contributed by atoms with Crippen LogP contribution in [-0.2, 0) is 6.42 Å². The highest BCUT2D eigenvalue weighted by Crippen LogP contribution is 2.28. The van der Waals surface area contributed by atoms with Gasteiger partial charge in [0.2, 0.25) is 0 Å². The first kappa shape index (κ1) is 13.2. The highest BCUT2D eigenvalue weighted by molar-refractivity contribution is 9.10. The lowest BCUT2D eigenvalue weighted by Gasteiger charge is -2.11. The molecule has 2 aromatic rings. The average molecular weight is 310 g/mol. The Morgan fingerprint density at radius 1 is 1.39 bits per heavy atom. The summed E-state index contributed by atoms with van der Waals surface area (Å²) in [6.07, 6.45) is 2.41. The van der Waals surface area contributed by atoms with Gasteiger partial charge >= 0.3 is 0 Å². The Balaban J connectivity index is 2.15. The van der Waals surface area contributed by atoms with Crippen LogP contribution in [0.4, 0.5) is 0 Å². The molecule has 1 heterocycles. The Morgan fingerprint density at radius 3 is 2.72 bits per heavy atom. The van der Waals surface area contributed by atoms with Gasteiger partial charge in [0, 0.05) is 0 Å². The maximum Gasteiger partial charge on any atom is 0.133 e. The fourth-order valence-electron chi connectivity index (χ4n) is 1.95. The van der Waals surface area contributed by atoms with Crippen molar-refractivity contribution in [2.45, 2.75) is 19.4 Å². The molecule has 0 amide bonds. The molecule has 4 heteroatoms. The third kappa shape index (κ3) is 2.76. The zero-order valence-electron chi connectivity index (χ0n) is 10.4. The van der Waals surface area contributed by atoms with Crippen molar-refractivity contribution in [2.24, 2.45) is 5.73 Å². The molecule has 0 fully saturated rings. The van der Waals surface area contributed by atoms with Crippen molar-refractivity contribution in [3.63, 3.8) is 0 Å². The number of hydrogen-bond acceptors (Lipinski definition) is 3. The predicted octanol–water partition coefficient (Wildman–Crippen LogP) is 3.60. The Kier molecular flexibility index (Phi) is 4.09. The van der Waals surface area contributed by atoms with E-state index in [1.54, 1.807) is 13.4 Å². The molecule has 0 radical (unpaired) electrons. The third-order valence-electron chi connectivity index (χ3n) is 2.91. The van der Waals surface area contributed by atoms with E-state index in [2.05, 4.69) is 15.9 Å². The average Bonchev–Trinajstić information content (AvgIpc) is 2.76. The number of ether oxygens (including phenoxy) is 1. The van der Waals surface area contributed by atoms with Crippen molar-refractivity contribution in [3.8, 4) is 5.75 Å². The summed E-state index contributed by atoms with van der Waals surface area (Å²) in [6.45, 7) is 2.00. The van der Waals surface area contributed by atoms with Crippen LogP contribution in [0.25, 0.3) is 0 Å². The van der Waals surface area contributed by atoms with Crippen LogP contribution in [0.5, 0.6) is 5.75 Å². The van der Waals surface area contributed by atoms with Gasteiger partial charge < -0.3 is 14.9 Å². The molecule has 2 rings (SSSR count). The number of halogens is 1. The number of nitrogens with two attached hydrogens (primary N) is 1. The second kappa shape index (κ2) is 5.59. The summed E-state index contributed by atoms with van der Waals surface area (Å²) >= 11 is 3.47. The summed E-state index contributed by atoms with van der Waals surface area (Å²) in [5, 5.41) is 0. The summed E-state index contributed by atoms with van der Waals surface area (Å²) in [6, 6.07) is 7.78. The van der Waals surface area contributed by atoms with Gasteiger partial charge in [0.05, 0.1) is 23.9 Å². The van der Waals surface area contributed by atoms with Crippen molar-refractivity contribution in [2.75, 3.05) is 7.11 Å². The summed E-state index contributed by atoms with van der Waals surface area (Å²) in [7, 11) is 1.65. The van der Waals surface area contributed by atoms with Gasteiger partial charge in [-0.05, 0) is 58.6 Å². The minimum absolute atomic E-state index is 0.125. The molecule has 2 N–H and O–H groups in total.